The lowest BCUT2D eigenvalue weighted by Crippen LogP contribution is -2.21. The fourth-order valence-corrected chi connectivity index (χ4v) is 2.39. The molecule has 1 aromatic heterocycles. The number of nitrogens with two attached hydrogens (primary N) is 2. The number of aromatic nitrogens is 1. The lowest BCUT2D eigenvalue weighted by Gasteiger charge is -2.07. The highest BCUT2D eigenvalue weighted by Gasteiger charge is 2.11. The van der Waals surface area contributed by atoms with Gasteiger partial charge in [-0.25, -0.2) is 9.78 Å². The lowest BCUT2D eigenvalue weighted by atomic mass is 10.3. The molecular weight excluding hydrogens is 346 g/mol. The number of guanidine groups is 1. The first kappa shape index (κ1) is 18.2. The summed E-state index contributed by atoms with van der Waals surface area (Å²) in [4.78, 5) is 31.1. The molecule has 1 aromatic carbocycles. The van der Waals surface area contributed by atoms with Crippen LogP contribution in [0.15, 0.2) is 34.6 Å². The largest absolute Gasteiger partial charge is 0.482 e. The van der Waals surface area contributed by atoms with Gasteiger partial charge in [-0.2, -0.15) is 4.99 Å². The van der Waals surface area contributed by atoms with Gasteiger partial charge in [0.1, 0.15) is 11.4 Å². The molecule has 2 rings (SSSR count). The van der Waals surface area contributed by atoms with Gasteiger partial charge in [0.15, 0.2) is 12.6 Å². The summed E-state index contributed by atoms with van der Waals surface area (Å²) in [6.45, 7) is 1.85. The van der Waals surface area contributed by atoms with E-state index in [1.807, 2.05) is 0 Å². The number of esters is 1. The Kier molecular flexibility index (Phi) is 6.29. The number of rotatable bonds is 7. The highest BCUT2D eigenvalue weighted by atomic mass is 32.1. The van der Waals surface area contributed by atoms with Gasteiger partial charge in [-0.15, -0.1) is 11.3 Å². The summed E-state index contributed by atoms with van der Waals surface area (Å²) in [6, 6.07) is 6.53. The fraction of sp³-hybridized carbons (Fsp3) is 0.200. The predicted octanol–water partition coefficient (Wildman–Crippen LogP) is 1.24. The fourth-order valence-electron chi connectivity index (χ4n) is 1.70. The Hall–Kier alpha value is -3.14. The minimum absolute atomic E-state index is 0.125. The third-order valence-electron chi connectivity index (χ3n) is 2.72. The van der Waals surface area contributed by atoms with Crippen LogP contribution in [0.25, 0.3) is 0 Å². The number of anilines is 1. The van der Waals surface area contributed by atoms with E-state index in [0.29, 0.717) is 23.2 Å². The van der Waals surface area contributed by atoms with Crippen molar-refractivity contribution in [3.8, 4) is 5.75 Å². The Morgan fingerprint density at radius 2 is 2.00 bits per heavy atom. The molecule has 0 radical (unpaired) electrons. The zero-order chi connectivity index (χ0) is 18.2. The molecule has 0 atom stereocenters. The summed E-state index contributed by atoms with van der Waals surface area (Å²) in [5, 5.41) is 4.53. The quantitative estimate of drug-likeness (QED) is 0.381. The van der Waals surface area contributed by atoms with Gasteiger partial charge in [0, 0.05) is 11.1 Å². The van der Waals surface area contributed by atoms with Crippen molar-refractivity contribution >= 4 is 40.0 Å². The molecule has 2 aromatic rings. The van der Waals surface area contributed by atoms with Gasteiger partial charge in [0.25, 0.3) is 5.91 Å². The van der Waals surface area contributed by atoms with E-state index in [4.69, 9.17) is 20.9 Å². The first-order valence-electron chi connectivity index (χ1n) is 7.23. The molecule has 0 saturated heterocycles. The molecule has 0 aliphatic rings. The van der Waals surface area contributed by atoms with Crippen molar-refractivity contribution in [3.05, 3.63) is 35.3 Å². The van der Waals surface area contributed by atoms with E-state index >= 15 is 0 Å². The monoisotopic (exact) mass is 363 g/mol. The van der Waals surface area contributed by atoms with Gasteiger partial charge in [-0.3, -0.25) is 4.79 Å². The molecule has 0 unspecified atom stereocenters. The molecule has 1 amide bonds. The van der Waals surface area contributed by atoms with E-state index in [-0.39, 0.29) is 18.3 Å². The van der Waals surface area contributed by atoms with Crippen LogP contribution in [0, 0.1) is 0 Å². The minimum atomic E-state index is -0.444. The van der Waals surface area contributed by atoms with E-state index < -0.39 is 11.9 Å². The van der Waals surface area contributed by atoms with E-state index in [9.17, 15) is 9.59 Å². The van der Waals surface area contributed by atoms with Crippen molar-refractivity contribution in [1.29, 1.82) is 0 Å². The number of hydrogen-bond acceptors (Lipinski definition) is 7. The molecule has 25 heavy (non-hydrogen) atoms. The number of amides is 1. The molecule has 0 saturated carbocycles. The molecule has 0 fully saturated rings. The molecule has 9 nitrogen and oxygen atoms in total. The summed E-state index contributed by atoms with van der Waals surface area (Å²) in [6.07, 6.45) is 0. The van der Waals surface area contributed by atoms with Gasteiger partial charge in [-0.05, 0) is 31.2 Å². The number of ether oxygens (including phenoxy) is 2. The third-order valence-corrected chi connectivity index (χ3v) is 3.46. The Bertz CT molecular complexity index is 768. The summed E-state index contributed by atoms with van der Waals surface area (Å²) < 4.78 is 10.0. The number of aliphatic imine (C=N–C) groups is 1. The van der Waals surface area contributed by atoms with Crippen LogP contribution < -0.4 is 21.5 Å². The van der Waals surface area contributed by atoms with E-state index in [0.717, 1.165) is 11.3 Å². The topological polar surface area (TPSA) is 142 Å². The zero-order valence-electron chi connectivity index (χ0n) is 13.4. The van der Waals surface area contributed by atoms with Crippen LogP contribution in [0.5, 0.6) is 5.75 Å². The second-order valence-corrected chi connectivity index (χ2v) is 5.46. The first-order chi connectivity index (χ1) is 12.0. The van der Waals surface area contributed by atoms with Crippen LogP contribution in [0.1, 0.15) is 17.4 Å². The molecule has 1 heterocycles. The van der Waals surface area contributed by atoms with Crippen LogP contribution in [-0.2, 0) is 9.53 Å². The van der Waals surface area contributed by atoms with Crippen molar-refractivity contribution in [2.45, 2.75) is 6.92 Å². The highest BCUT2D eigenvalue weighted by molar-refractivity contribution is 7.13. The molecule has 132 valence electrons. The Labute approximate surface area is 147 Å². The Balaban J connectivity index is 1.92. The average molecular weight is 363 g/mol. The van der Waals surface area contributed by atoms with E-state index in [1.165, 1.54) is 0 Å². The van der Waals surface area contributed by atoms with Gasteiger partial charge in [0.05, 0.1) is 6.61 Å². The van der Waals surface area contributed by atoms with Gasteiger partial charge in [0.2, 0.25) is 5.13 Å². The Morgan fingerprint density at radius 3 is 2.64 bits per heavy atom. The molecule has 0 spiro atoms. The SMILES string of the molecule is CCOC(=O)COc1ccc(NC(=O)c2csc(N=C(N)N)n2)cc1. The summed E-state index contributed by atoms with van der Waals surface area (Å²) >= 11 is 1.15. The van der Waals surface area contributed by atoms with Crippen LogP contribution in [0.3, 0.4) is 0 Å². The smallest absolute Gasteiger partial charge is 0.344 e. The van der Waals surface area contributed by atoms with Crippen LogP contribution in [-0.4, -0.2) is 36.0 Å². The lowest BCUT2D eigenvalue weighted by molar-refractivity contribution is -0.145. The number of nitrogens with zero attached hydrogens (tertiary/aromatic N) is 2. The number of thiazole rings is 1. The van der Waals surface area contributed by atoms with Crippen molar-refractivity contribution in [3.63, 3.8) is 0 Å². The average Bonchev–Trinajstić information content (AvgIpc) is 3.02. The second kappa shape index (κ2) is 8.64. The van der Waals surface area contributed by atoms with Crippen molar-refractivity contribution in [2.75, 3.05) is 18.5 Å². The van der Waals surface area contributed by atoms with Crippen LogP contribution >= 0.6 is 11.3 Å². The standard InChI is InChI=1S/C15H17N5O4S/c1-2-23-12(21)7-24-10-5-3-9(4-6-10)18-13(22)11-8-25-15(19-11)20-14(16)17/h3-6,8H,2,7H2,1H3,(H,18,22)(H4,16,17,19,20). The maximum atomic E-state index is 12.1. The molecule has 0 aliphatic heterocycles. The summed E-state index contributed by atoms with van der Waals surface area (Å²) in [5.74, 6) is -0.483. The molecule has 0 aliphatic carbocycles. The molecule has 5 N–H and O–H groups in total. The number of carbonyl (C=O) groups excluding carboxylic acids is 2. The van der Waals surface area contributed by atoms with Crippen molar-refractivity contribution < 1.29 is 19.1 Å². The second-order valence-electron chi connectivity index (χ2n) is 4.62. The maximum Gasteiger partial charge on any atom is 0.344 e. The highest BCUT2D eigenvalue weighted by Crippen LogP contribution is 2.20. The molecular formula is C15H17N5O4S. The van der Waals surface area contributed by atoms with E-state index in [2.05, 4.69) is 15.3 Å². The number of hydrogen-bond donors (Lipinski definition) is 3. The third kappa shape index (κ3) is 5.77. The predicted molar refractivity (Wildman–Crippen MR) is 94.1 cm³/mol. The minimum Gasteiger partial charge on any atom is -0.482 e. The van der Waals surface area contributed by atoms with Gasteiger partial charge in [-0.1, -0.05) is 0 Å². The van der Waals surface area contributed by atoms with Crippen molar-refractivity contribution in [2.24, 2.45) is 16.5 Å². The van der Waals surface area contributed by atoms with Crippen LogP contribution in [0.4, 0.5) is 10.8 Å². The summed E-state index contributed by atoms with van der Waals surface area (Å²) in [7, 11) is 0. The molecule has 0 bridgehead atoms. The summed E-state index contributed by atoms with van der Waals surface area (Å²) in [5.41, 5.74) is 11.3. The maximum absolute atomic E-state index is 12.1. The Morgan fingerprint density at radius 1 is 1.28 bits per heavy atom. The van der Waals surface area contributed by atoms with Gasteiger partial charge >= 0.3 is 5.97 Å². The van der Waals surface area contributed by atoms with E-state index in [1.54, 1.807) is 36.6 Å². The van der Waals surface area contributed by atoms with Gasteiger partial charge < -0.3 is 26.3 Å². The first-order valence-corrected chi connectivity index (χ1v) is 8.11. The van der Waals surface area contributed by atoms with Crippen molar-refractivity contribution in [1.82, 2.24) is 4.98 Å². The number of benzene rings is 1. The number of nitrogens with one attached hydrogen (secondary N) is 1. The molecule has 10 heteroatoms. The zero-order valence-corrected chi connectivity index (χ0v) is 14.2. The number of carbonyl (C=O) groups is 2. The van der Waals surface area contributed by atoms with Crippen LogP contribution in [0.2, 0.25) is 0 Å². The normalized spacial score (nSPS) is 9.96.